The molecule has 0 saturated heterocycles. The summed E-state index contributed by atoms with van der Waals surface area (Å²) in [5, 5.41) is 4.64. The van der Waals surface area contributed by atoms with E-state index in [4.69, 9.17) is 0 Å². The van der Waals surface area contributed by atoms with Crippen molar-refractivity contribution in [2.75, 3.05) is 6.16 Å². The van der Waals surface area contributed by atoms with Crippen molar-refractivity contribution < 1.29 is 0 Å². The van der Waals surface area contributed by atoms with Crippen LogP contribution in [0, 0.1) is 5.92 Å². The normalized spacial score (nSPS) is 18.8. The summed E-state index contributed by atoms with van der Waals surface area (Å²) < 4.78 is 0. The second-order valence-corrected chi connectivity index (χ2v) is 14.4. The molecule has 1 aliphatic carbocycles. The maximum absolute atomic E-state index is 2.41. The Balaban J connectivity index is 1.43. The summed E-state index contributed by atoms with van der Waals surface area (Å²) in [6.45, 7) is 2.26. The van der Waals surface area contributed by atoms with Gasteiger partial charge in [-0.3, -0.25) is 0 Å². The van der Waals surface area contributed by atoms with E-state index in [1.54, 1.807) is 21.5 Å². The van der Waals surface area contributed by atoms with Gasteiger partial charge in [-0.2, -0.15) is 0 Å². The van der Waals surface area contributed by atoms with E-state index in [-0.39, 0.29) is 0 Å². The second kappa shape index (κ2) is 11.4. The van der Waals surface area contributed by atoms with Gasteiger partial charge in [0, 0.05) is 0 Å². The van der Waals surface area contributed by atoms with E-state index in [1.165, 1.54) is 50.3 Å². The first-order valence-electron chi connectivity index (χ1n) is 13.5. The predicted molar refractivity (Wildman–Crippen MR) is 157 cm³/mol. The Kier molecular flexibility index (Phi) is 7.80. The zero-order valence-electron chi connectivity index (χ0n) is 21.1. The molecule has 0 heterocycles. The molecule has 0 N–H and O–H groups in total. The van der Waals surface area contributed by atoms with Crippen LogP contribution < -0.4 is 15.9 Å². The number of hydrogen-bond donors (Lipinski definition) is 0. The van der Waals surface area contributed by atoms with Crippen LogP contribution in [0.15, 0.2) is 115 Å². The van der Waals surface area contributed by atoms with Crippen LogP contribution in [0.5, 0.6) is 0 Å². The van der Waals surface area contributed by atoms with Crippen molar-refractivity contribution in [3.05, 3.63) is 126 Å². The fraction of sp³-hybridized carbons (Fsp3) is 0.294. The van der Waals surface area contributed by atoms with Crippen molar-refractivity contribution in [2.24, 2.45) is 5.92 Å². The van der Waals surface area contributed by atoms with Crippen molar-refractivity contribution in [3.63, 3.8) is 0 Å². The zero-order valence-corrected chi connectivity index (χ0v) is 22.1. The summed E-state index contributed by atoms with van der Waals surface area (Å²) in [5.74, 6) is 1.50. The molecule has 180 valence electrons. The summed E-state index contributed by atoms with van der Waals surface area (Å²) in [6, 6.07) is 43.9. The molecule has 1 heteroatoms. The Morgan fingerprint density at radius 2 is 1.03 bits per heavy atom. The van der Waals surface area contributed by atoms with Gasteiger partial charge in [-0.05, 0) is 0 Å². The summed E-state index contributed by atoms with van der Waals surface area (Å²) >= 11 is 0. The van der Waals surface area contributed by atoms with E-state index in [1.807, 2.05) is 0 Å². The van der Waals surface area contributed by atoms with Crippen LogP contribution in [-0.4, -0.2) is 6.16 Å². The Labute approximate surface area is 212 Å². The molecule has 1 saturated carbocycles. The number of aryl methyl sites for hydroxylation is 1. The first kappa shape index (κ1) is 24.0. The van der Waals surface area contributed by atoms with Crippen molar-refractivity contribution in [1.29, 1.82) is 0 Å². The Morgan fingerprint density at radius 3 is 1.46 bits per heavy atom. The second-order valence-electron chi connectivity index (χ2n) is 10.4. The molecule has 35 heavy (non-hydrogen) atoms. The van der Waals surface area contributed by atoms with Gasteiger partial charge in [-0.25, -0.2) is 0 Å². The molecule has 5 rings (SSSR count). The van der Waals surface area contributed by atoms with Gasteiger partial charge in [-0.15, -0.1) is 0 Å². The van der Waals surface area contributed by atoms with Crippen LogP contribution in [-0.2, 0) is 6.42 Å². The molecule has 0 atom stereocenters. The van der Waals surface area contributed by atoms with E-state index in [9.17, 15) is 0 Å². The third-order valence-corrected chi connectivity index (χ3v) is 13.4. The number of rotatable bonds is 8. The van der Waals surface area contributed by atoms with Crippen molar-refractivity contribution >= 4 is 23.2 Å². The third-order valence-electron chi connectivity index (χ3n) is 8.23. The molecule has 0 aliphatic heterocycles. The Morgan fingerprint density at radius 1 is 0.571 bits per heavy atom. The SMILES string of the molecule is CCCc1ccc(C2CCC(C[PH](c3ccccc3)(c3ccccc3)c3ccccc3)CC2)cc1. The van der Waals surface area contributed by atoms with Gasteiger partial charge in [0.25, 0.3) is 0 Å². The Hall–Kier alpha value is -2.69. The van der Waals surface area contributed by atoms with Gasteiger partial charge in [0.2, 0.25) is 0 Å². The maximum atomic E-state index is 2.41. The molecule has 4 aromatic rings. The number of hydrogen-bond acceptors (Lipinski definition) is 0. The van der Waals surface area contributed by atoms with E-state index in [2.05, 4.69) is 122 Å². The topological polar surface area (TPSA) is 0 Å². The standard InChI is InChI=1S/C34H39P/c1-2-12-28-19-23-30(24-20-28)31-25-21-29(22-26-31)27-35(32-13-6-3-7-14-32,33-15-8-4-9-16-33)34-17-10-5-11-18-34/h3-11,13-20,23-24,29,31,35H,2,12,21-22,25-27H2,1H3. The van der Waals surface area contributed by atoms with Crippen LogP contribution in [0.2, 0.25) is 0 Å². The van der Waals surface area contributed by atoms with Crippen LogP contribution in [0.4, 0.5) is 0 Å². The molecule has 1 aliphatic rings. The van der Waals surface area contributed by atoms with Crippen LogP contribution in [0.1, 0.15) is 56.1 Å². The minimum absolute atomic E-state index is 0.725. The van der Waals surface area contributed by atoms with E-state index >= 15 is 0 Å². The van der Waals surface area contributed by atoms with Gasteiger partial charge in [0.1, 0.15) is 0 Å². The fourth-order valence-electron chi connectivity index (χ4n) is 6.40. The van der Waals surface area contributed by atoms with Crippen molar-refractivity contribution in [1.82, 2.24) is 0 Å². The molecule has 4 aromatic carbocycles. The molecule has 0 aromatic heterocycles. The molecular weight excluding hydrogens is 439 g/mol. The van der Waals surface area contributed by atoms with Gasteiger partial charge >= 0.3 is 213 Å². The molecule has 0 amide bonds. The zero-order chi connectivity index (χ0) is 23.9. The molecule has 1 fully saturated rings. The molecule has 0 unspecified atom stereocenters. The predicted octanol–water partition coefficient (Wildman–Crippen LogP) is 7.64. The number of benzene rings is 4. The average Bonchev–Trinajstić information content (AvgIpc) is 2.94. The van der Waals surface area contributed by atoms with Gasteiger partial charge < -0.3 is 0 Å². The van der Waals surface area contributed by atoms with Gasteiger partial charge in [0.15, 0.2) is 0 Å². The Bertz CT molecular complexity index is 1060. The van der Waals surface area contributed by atoms with Crippen LogP contribution in [0.3, 0.4) is 0 Å². The molecule has 0 spiro atoms. The molecular formula is C34H39P. The third kappa shape index (κ3) is 5.29. The molecule has 0 radical (unpaired) electrons. The van der Waals surface area contributed by atoms with Crippen molar-refractivity contribution in [3.8, 4) is 0 Å². The monoisotopic (exact) mass is 478 g/mol. The summed E-state index contributed by atoms with van der Waals surface area (Å²) in [4.78, 5) is 0. The average molecular weight is 479 g/mol. The van der Waals surface area contributed by atoms with Crippen LogP contribution in [0.25, 0.3) is 0 Å². The van der Waals surface area contributed by atoms with E-state index < -0.39 is 7.26 Å². The molecule has 0 bridgehead atoms. The van der Waals surface area contributed by atoms with Gasteiger partial charge in [-0.1, -0.05) is 0 Å². The first-order valence-corrected chi connectivity index (χ1v) is 15.8. The first-order chi connectivity index (χ1) is 17.3. The summed E-state index contributed by atoms with van der Waals surface area (Å²) in [7, 11) is -2.13. The fourth-order valence-corrected chi connectivity index (χ4v) is 11.7. The van der Waals surface area contributed by atoms with E-state index in [0.717, 1.165) is 11.8 Å². The van der Waals surface area contributed by atoms with Gasteiger partial charge in [0.05, 0.1) is 0 Å². The molecule has 0 nitrogen and oxygen atoms in total. The van der Waals surface area contributed by atoms with Crippen LogP contribution >= 0.6 is 7.26 Å². The summed E-state index contributed by atoms with van der Waals surface area (Å²) in [6.07, 6.45) is 9.03. The van der Waals surface area contributed by atoms with E-state index in [0.29, 0.717) is 0 Å². The summed E-state index contributed by atoms with van der Waals surface area (Å²) in [5.41, 5.74) is 3.04. The van der Waals surface area contributed by atoms with Crippen molar-refractivity contribution in [2.45, 2.75) is 51.4 Å². The quantitative estimate of drug-likeness (QED) is 0.228. The minimum atomic E-state index is -2.13.